The number of carbonyl (C=O) groups is 1. The molecule has 0 bridgehead atoms. The Bertz CT molecular complexity index is 392. The lowest BCUT2D eigenvalue weighted by atomic mass is 9.80. The zero-order valence-corrected chi connectivity index (χ0v) is 9.95. The van der Waals surface area contributed by atoms with E-state index in [1.807, 2.05) is 19.1 Å². The summed E-state index contributed by atoms with van der Waals surface area (Å²) in [5, 5.41) is 0. The van der Waals surface area contributed by atoms with Crippen molar-refractivity contribution in [2.45, 2.75) is 32.6 Å². The molecule has 1 aromatic carbocycles. The fraction of sp³-hybridized carbons (Fsp3) is 0.500. The first-order chi connectivity index (χ1) is 7.70. The minimum absolute atomic E-state index is 0.310. The van der Waals surface area contributed by atoms with Crippen LogP contribution in [-0.4, -0.2) is 12.9 Å². The summed E-state index contributed by atoms with van der Waals surface area (Å²) in [7, 11) is 1.65. The van der Waals surface area contributed by atoms with Gasteiger partial charge in [0.2, 0.25) is 0 Å². The molecule has 1 aliphatic rings. The highest BCUT2D eigenvalue weighted by molar-refractivity contribution is 5.84. The zero-order valence-electron chi connectivity index (χ0n) is 9.95. The predicted molar refractivity (Wildman–Crippen MR) is 63.8 cm³/mol. The highest BCUT2D eigenvalue weighted by atomic mass is 16.5. The van der Waals surface area contributed by atoms with Crippen molar-refractivity contribution < 1.29 is 9.53 Å². The fourth-order valence-corrected chi connectivity index (χ4v) is 2.11. The van der Waals surface area contributed by atoms with Gasteiger partial charge in [0.15, 0.2) is 0 Å². The SMILES string of the molecule is COc1ccc(C)cc1CC(=O)C1CCC1. The zero-order chi connectivity index (χ0) is 11.5. The van der Waals surface area contributed by atoms with Gasteiger partial charge in [0.05, 0.1) is 7.11 Å². The van der Waals surface area contributed by atoms with Crippen molar-refractivity contribution in [1.29, 1.82) is 0 Å². The van der Waals surface area contributed by atoms with Gasteiger partial charge >= 0.3 is 0 Å². The maximum atomic E-state index is 11.9. The van der Waals surface area contributed by atoms with Crippen LogP contribution in [0.3, 0.4) is 0 Å². The summed E-state index contributed by atoms with van der Waals surface area (Å²) in [6.07, 6.45) is 3.89. The number of ether oxygens (including phenoxy) is 1. The number of hydrogen-bond acceptors (Lipinski definition) is 2. The third-order valence-electron chi connectivity index (χ3n) is 3.36. The van der Waals surface area contributed by atoms with Crippen LogP contribution in [0.4, 0.5) is 0 Å². The molecule has 1 aromatic rings. The second-order valence-electron chi connectivity index (χ2n) is 4.59. The Hall–Kier alpha value is -1.31. The van der Waals surface area contributed by atoms with E-state index in [1.54, 1.807) is 7.11 Å². The number of benzene rings is 1. The van der Waals surface area contributed by atoms with Crippen LogP contribution < -0.4 is 4.74 Å². The first-order valence-electron chi connectivity index (χ1n) is 5.87. The van der Waals surface area contributed by atoms with E-state index in [-0.39, 0.29) is 0 Å². The lowest BCUT2D eigenvalue weighted by molar-refractivity contribution is -0.124. The summed E-state index contributed by atoms with van der Waals surface area (Å²) in [5.41, 5.74) is 2.21. The highest BCUT2D eigenvalue weighted by Gasteiger charge is 2.25. The molecule has 0 saturated heterocycles. The van der Waals surface area contributed by atoms with E-state index >= 15 is 0 Å². The molecule has 0 aliphatic heterocycles. The Morgan fingerprint density at radius 2 is 2.19 bits per heavy atom. The Labute approximate surface area is 96.6 Å². The van der Waals surface area contributed by atoms with Gasteiger partial charge in [-0.2, -0.15) is 0 Å². The molecule has 0 amide bonds. The number of hydrogen-bond donors (Lipinski definition) is 0. The van der Waals surface area contributed by atoms with E-state index < -0.39 is 0 Å². The Kier molecular flexibility index (Phi) is 3.28. The molecule has 2 heteroatoms. The molecular weight excluding hydrogens is 200 g/mol. The molecule has 0 heterocycles. The molecule has 1 saturated carbocycles. The summed E-state index contributed by atoms with van der Waals surface area (Å²) in [6, 6.07) is 6.00. The molecule has 0 spiro atoms. The molecular formula is C14H18O2. The standard InChI is InChI=1S/C14H18O2/c1-10-6-7-14(16-2)12(8-10)9-13(15)11-4-3-5-11/h6-8,11H,3-5,9H2,1-2H3. The number of carbonyl (C=O) groups excluding carboxylic acids is 1. The van der Waals surface area contributed by atoms with Crippen LogP contribution in [0, 0.1) is 12.8 Å². The molecule has 2 nitrogen and oxygen atoms in total. The minimum Gasteiger partial charge on any atom is -0.496 e. The second kappa shape index (κ2) is 4.69. The summed E-state index contributed by atoms with van der Waals surface area (Å²) < 4.78 is 5.28. The normalized spacial score (nSPS) is 15.6. The van der Waals surface area contributed by atoms with Crippen LogP contribution in [0.15, 0.2) is 18.2 Å². The van der Waals surface area contributed by atoms with Crippen LogP contribution in [0.2, 0.25) is 0 Å². The van der Waals surface area contributed by atoms with Crippen molar-refractivity contribution in [3.63, 3.8) is 0 Å². The average Bonchev–Trinajstić information content (AvgIpc) is 2.15. The van der Waals surface area contributed by atoms with E-state index in [1.165, 1.54) is 12.0 Å². The van der Waals surface area contributed by atoms with Crippen LogP contribution in [0.5, 0.6) is 5.75 Å². The largest absolute Gasteiger partial charge is 0.496 e. The monoisotopic (exact) mass is 218 g/mol. The van der Waals surface area contributed by atoms with Gasteiger partial charge in [-0.05, 0) is 25.8 Å². The molecule has 1 fully saturated rings. The van der Waals surface area contributed by atoms with E-state index in [4.69, 9.17) is 4.74 Å². The third kappa shape index (κ3) is 2.26. The molecule has 1 aliphatic carbocycles. The van der Waals surface area contributed by atoms with Crippen LogP contribution in [-0.2, 0) is 11.2 Å². The van der Waals surface area contributed by atoms with Gasteiger partial charge in [-0.3, -0.25) is 4.79 Å². The van der Waals surface area contributed by atoms with Crippen molar-refractivity contribution in [3.05, 3.63) is 29.3 Å². The molecule has 0 unspecified atom stereocenters. The van der Waals surface area contributed by atoms with Crippen molar-refractivity contribution in [2.75, 3.05) is 7.11 Å². The molecule has 2 rings (SSSR count). The van der Waals surface area contributed by atoms with Gasteiger partial charge in [0.25, 0.3) is 0 Å². The van der Waals surface area contributed by atoms with Crippen LogP contribution in [0.1, 0.15) is 30.4 Å². The Morgan fingerprint density at radius 3 is 2.75 bits per heavy atom. The topological polar surface area (TPSA) is 26.3 Å². The van der Waals surface area contributed by atoms with Gasteiger partial charge in [0.1, 0.15) is 11.5 Å². The average molecular weight is 218 g/mol. The number of ketones is 1. The molecule has 0 N–H and O–H groups in total. The first-order valence-corrected chi connectivity index (χ1v) is 5.87. The predicted octanol–water partition coefficient (Wildman–Crippen LogP) is 2.92. The number of methoxy groups -OCH3 is 1. The van der Waals surface area contributed by atoms with Crippen molar-refractivity contribution in [1.82, 2.24) is 0 Å². The molecule has 0 aromatic heterocycles. The maximum Gasteiger partial charge on any atom is 0.140 e. The van der Waals surface area contributed by atoms with E-state index in [9.17, 15) is 4.79 Å². The number of aryl methyl sites for hydroxylation is 1. The first kappa shape index (κ1) is 11.2. The third-order valence-corrected chi connectivity index (χ3v) is 3.36. The molecule has 86 valence electrons. The van der Waals surface area contributed by atoms with E-state index in [2.05, 4.69) is 6.07 Å². The van der Waals surface area contributed by atoms with E-state index in [0.717, 1.165) is 24.2 Å². The molecule has 16 heavy (non-hydrogen) atoms. The summed E-state index contributed by atoms with van der Waals surface area (Å²) in [6.45, 7) is 2.04. The second-order valence-corrected chi connectivity index (χ2v) is 4.59. The number of rotatable bonds is 4. The molecule has 0 radical (unpaired) electrons. The van der Waals surface area contributed by atoms with Gasteiger partial charge < -0.3 is 4.74 Å². The van der Waals surface area contributed by atoms with Crippen LogP contribution >= 0.6 is 0 Å². The van der Waals surface area contributed by atoms with E-state index in [0.29, 0.717) is 18.1 Å². The quantitative estimate of drug-likeness (QED) is 0.776. The van der Waals surface area contributed by atoms with Gasteiger partial charge in [-0.25, -0.2) is 0 Å². The summed E-state index contributed by atoms with van der Waals surface area (Å²) in [5.74, 6) is 1.51. The van der Waals surface area contributed by atoms with Crippen molar-refractivity contribution >= 4 is 5.78 Å². The smallest absolute Gasteiger partial charge is 0.140 e. The maximum absolute atomic E-state index is 11.9. The van der Waals surface area contributed by atoms with Gasteiger partial charge in [-0.1, -0.05) is 24.1 Å². The highest BCUT2D eigenvalue weighted by Crippen LogP contribution is 2.30. The summed E-state index contributed by atoms with van der Waals surface area (Å²) >= 11 is 0. The number of Topliss-reactive ketones (excluding diaryl/α,β-unsaturated/α-hetero) is 1. The lowest BCUT2D eigenvalue weighted by Gasteiger charge is -2.24. The van der Waals surface area contributed by atoms with Gasteiger partial charge in [0, 0.05) is 17.9 Å². The lowest BCUT2D eigenvalue weighted by Crippen LogP contribution is -2.23. The van der Waals surface area contributed by atoms with Crippen LogP contribution in [0.25, 0.3) is 0 Å². The fourth-order valence-electron chi connectivity index (χ4n) is 2.11. The Morgan fingerprint density at radius 1 is 1.44 bits per heavy atom. The van der Waals surface area contributed by atoms with Crippen molar-refractivity contribution in [3.8, 4) is 5.75 Å². The molecule has 0 atom stereocenters. The Balaban J connectivity index is 2.12. The van der Waals surface area contributed by atoms with Crippen molar-refractivity contribution in [2.24, 2.45) is 5.92 Å². The van der Waals surface area contributed by atoms with Gasteiger partial charge in [-0.15, -0.1) is 0 Å². The minimum atomic E-state index is 0.310. The summed E-state index contributed by atoms with van der Waals surface area (Å²) in [4.78, 5) is 11.9.